The number of benzene rings is 5. The van der Waals surface area contributed by atoms with Gasteiger partial charge in [0.05, 0.1) is 48.1 Å². The van der Waals surface area contributed by atoms with E-state index in [4.69, 9.17) is 28.8 Å². The molecule has 4 aliphatic heterocycles. The van der Waals surface area contributed by atoms with Crippen molar-refractivity contribution in [3.63, 3.8) is 0 Å². The van der Waals surface area contributed by atoms with Crippen molar-refractivity contribution in [3.8, 4) is 28.7 Å². The van der Waals surface area contributed by atoms with Gasteiger partial charge in [0.1, 0.15) is 19.0 Å². The van der Waals surface area contributed by atoms with Crippen LogP contribution in [0.1, 0.15) is 83.5 Å². The molecule has 6 aromatic rings. The van der Waals surface area contributed by atoms with Crippen LogP contribution in [0.25, 0.3) is 16.6 Å². The van der Waals surface area contributed by atoms with E-state index in [9.17, 15) is 24.0 Å². The van der Waals surface area contributed by atoms with E-state index in [1.807, 2.05) is 59.5 Å². The normalized spacial score (nSPS) is 15.6. The molecule has 0 bridgehead atoms. The molecule has 0 aliphatic carbocycles. The number of imide groups is 1. The monoisotopic (exact) mass is 1030 g/mol. The summed E-state index contributed by atoms with van der Waals surface area (Å²) in [6.07, 6.45) is 2.12. The van der Waals surface area contributed by atoms with Crippen molar-refractivity contribution >= 4 is 79.3 Å². The fourth-order valence-electron chi connectivity index (χ4n) is 9.47. The van der Waals surface area contributed by atoms with Crippen LogP contribution in [0.5, 0.6) is 23.0 Å². The zero-order valence-electron chi connectivity index (χ0n) is 40.3. The van der Waals surface area contributed by atoms with E-state index >= 15 is 0 Å². The van der Waals surface area contributed by atoms with Crippen molar-refractivity contribution in [2.75, 3.05) is 42.5 Å². The van der Waals surface area contributed by atoms with Crippen molar-refractivity contribution in [3.05, 3.63) is 141 Å². The minimum Gasteiger partial charge on any atom is -0.493 e. The number of nitrogens with one attached hydrogen (secondary N) is 1. The Morgan fingerprint density at radius 1 is 0.792 bits per heavy atom. The van der Waals surface area contributed by atoms with Gasteiger partial charge < -0.3 is 34.0 Å². The first-order chi connectivity index (χ1) is 34.9. The predicted octanol–water partition coefficient (Wildman–Crippen LogP) is 9.24. The molecule has 4 aliphatic rings. The number of nitrogens with zero attached hydrogens (tertiary/aromatic N) is 4. The van der Waals surface area contributed by atoms with E-state index in [2.05, 4.69) is 37.4 Å². The highest BCUT2D eigenvalue weighted by molar-refractivity contribution is 8.77. The first-order valence-corrected chi connectivity index (χ1v) is 27.3. The Balaban J connectivity index is 0.841. The van der Waals surface area contributed by atoms with Gasteiger partial charge in [-0.15, -0.1) is 5.06 Å². The third-order valence-corrected chi connectivity index (χ3v) is 17.9. The molecule has 1 aromatic heterocycles. The van der Waals surface area contributed by atoms with E-state index < -0.39 is 17.8 Å². The lowest BCUT2D eigenvalue weighted by Gasteiger charge is -2.23. The number of thioether (sulfide) groups is 1. The minimum atomic E-state index is -0.589. The Kier molecular flexibility index (Phi) is 14.2. The van der Waals surface area contributed by atoms with Crippen LogP contribution in [0, 0.1) is 0 Å². The lowest BCUT2D eigenvalue weighted by atomic mass is 10.1. The molecule has 1 fully saturated rings. The fraction of sp³-hybridized carbons (Fsp3) is 0.333. The lowest BCUT2D eigenvalue weighted by Crippen LogP contribution is -2.39. The van der Waals surface area contributed by atoms with Crippen LogP contribution in [0.2, 0.25) is 0 Å². The Labute approximate surface area is 428 Å². The Morgan fingerprint density at radius 2 is 1.46 bits per heavy atom. The predicted molar refractivity (Wildman–Crippen MR) is 281 cm³/mol. The average molecular weight is 1030 g/mol. The van der Waals surface area contributed by atoms with Gasteiger partial charge in [-0.2, -0.15) is 11.8 Å². The van der Waals surface area contributed by atoms with Gasteiger partial charge >= 0.3 is 5.97 Å². The summed E-state index contributed by atoms with van der Waals surface area (Å²) < 4.78 is 26.3. The molecule has 0 spiro atoms. The number of carbonyl (C=O) groups excluding carboxylic acids is 4. The van der Waals surface area contributed by atoms with Gasteiger partial charge in [-0.05, 0) is 84.8 Å². The summed E-state index contributed by atoms with van der Waals surface area (Å²) in [6.45, 7) is 5.35. The first-order valence-electron chi connectivity index (χ1n) is 23.8. The molecule has 0 radical (unpaired) electrons. The van der Waals surface area contributed by atoms with Crippen molar-refractivity contribution in [1.29, 1.82) is 0 Å². The summed E-state index contributed by atoms with van der Waals surface area (Å²) >= 11 is 1.80. The van der Waals surface area contributed by atoms with Crippen LogP contribution in [-0.2, 0) is 51.0 Å². The Hall–Kier alpha value is -6.63. The zero-order chi connectivity index (χ0) is 50.1. The van der Waals surface area contributed by atoms with Gasteiger partial charge in [0.15, 0.2) is 23.0 Å². The molecule has 3 amide bonds. The molecule has 1 saturated heterocycles. The molecular formula is C54H53N5O10S3. The average Bonchev–Trinajstić information content (AvgIpc) is 4.02. The van der Waals surface area contributed by atoms with E-state index in [0.29, 0.717) is 86.9 Å². The summed E-state index contributed by atoms with van der Waals surface area (Å²) in [4.78, 5) is 75.7. The topological polar surface area (TPSA) is 168 Å². The third-order valence-electron chi connectivity index (χ3n) is 12.9. The van der Waals surface area contributed by atoms with Gasteiger partial charge in [0.25, 0.3) is 23.3 Å². The van der Waals surface area contributed by atoms with Crippen LogP contribution in [0.4, 0.5) is 11.4 Å². The number of hydrogen-bond donors (Lipinski definition) is 1. The molecule has 72 heavy (non-hydrogen) atoms. The summed E-state index contributed by atoms with van der Waals surface area (Å²) in [5.41, 5.74) is 8.43. The second-order valence-corrected chi connectivity index (χ2v) is 22.7. The summed E-state index contributed by atoms with van der Waals surface area (Å²) in [7, 11) is 6.55. The van der Waals surface area contributed by atoms with Crippen LogP contribution in [0.15, 0.2) is 95.8 Å². The fourth-order valence-corrected chi connectivity index (χ4v) is 13.6. The molecule has 0 saturated carbocycles. The molecule has 10 rings (SSSR count). The number of ether oxygens (including phenoxy) is 4. The molecule has 5 aromatic carbocycles. The molecule has 18 heteroatoms. The van der Waals surface area contributed by atoms with Gasteiger partial charge in [0, 0.05) is 72.1 Å². The van der Waals surface area contributed by atoms with Gasteiger partial charge in [-0.1, -0.05) is 70.1 Å². The number of fused-ring (bicyclic) bond motifs is 8. The molecular weight excluding hydrogens is 975 g/mol. The quantitative estimate of drug-likeness (QED) is 0.0462. The minimum absolute atomic E-state index is 0.0129. The van der Waals surface area contributed by atoms with Crippen molar-refractivity contribution < 1.29 is 43.0 Å². The zero-order valence-corrected chi connectivity index (χ0v) is 42.8. The van der Waals surface area contributed by atoms with Crippen LogP contribution < -0.4 is 34.7 Å². The highest BCUT2D eigenvalue weighted by Gasteiger charge is 2.38. The highest BCUT2D eigenvalue weighted by Crippen LogP contribution is 2.42. The van der Waals surface area contributed by atoms with E-state index in [-0.39, 0.29) is 54.7 Å². The molecule has 1 atom stereocenters. The number of hydrogen-bond acceptors (Lipinski definition) is 15. The van der Waals surface area contributed by atoms with Crippen LogP contribution in [0.3, 0.4) is 0 Å². The number of para-hydroxylation sites is 2. The third kappa shape index (κ3) is 10.2. The molecule has 5 heterocycles. The number of anilines is 2. The maximum atomic E-state index is 14.1. The van der Waals surface area contributed by atoms with Crippen molar-refractivity contribution in [2.24, 2.45) is 0 Å². The van der Waals surface area contributed by atoms with Crippen molar-refractivity contribution in [2.45, 2.75) is 82.1 Å². The Bertz CT molecular complexity index is 3180. The van der Waals surface area contributed by atoms with E-state index in [1.165, 1.54) is 0 Å². The Morgan fingerprint density at radius 3 is 2.19 bits per heavy atom. The maximum Gasteiger partial charge on any atom is 0.333 e. The van der Waals surface area contributed by atoms with Crippen LogP contribution >= 0.6 is 33.3 Å². The van der Waals surface area contributed by atoms with Crippen molar-refractivity contribution in [1.82, 2.24) is 14.6 Å². The number of aromatic nitrogens is 2. The largest absolute Gasteiger partial charge is 0.493 e. The smallest absolute Gasteiger partial charge is 0.333 e. The standard InChI is InChI=1S/C54H53N5O10S3/c1-54(2,72-71-17-9-14-51(62)69-59-49(60)15-16-50(59)61)31-70-30-34-19-32(28-67-46-25-40-38(23-44(46)65-3)52(63)57-37(27-55-40)21-35-10-5-7-12-42(35)57)18-33(20-34)29-68-47-26-41-39(24-45(47)66-4)53(64)58-43-13-8-6-11-36(43)22-48(58)56-41/h5-8,10-13,18-20,23-26,37,55H,9,14-17,21-22,27-31H2,1-4H3/t37-/m0/s1. The number of hydroxylamine groups is 2. The summed E-state index contributed by atoms with van der Waals surface area (Å²) in [5.74, 6) is 3.09. The molecule has 372 valence electrons. The SMILES string of the molecule is COc1cc2c(cc1OCc1cc(COc3cc4nc5n(c(=O)c4cc3OC)-c3ccccc3C5)cc(CSCC(C)(C)SSCCCC(=O)ON3C(=O)CCC3=O)c1)NC[C@@H]1Cc3ccccc3N1C2=O. The second kappa shape index (κ2) is 20.8. The molecule has 15 nitrogen and oxygen atoms in total. The van der Waals surface area contributed by atoms with E-state index in [0.717, 1.165) is 51.4 Å². The number of rotatable bonds is 19. The first kappa shape index (κ1) is 49.0. The number of carbonyl (C=O) groups is 4. The van der Waals surface area contributed by atoms with Gasteiger partial charge in [0.2, 0.25) is 0 Å². The maximum absolute atomic E-state index is 14.1. The van der Waals surface area contributed by atoms with Crippen LogP contribution in [-0.4, -0.2) is 81.4 Å². The summed E-state index contributed by atoms with van der Waals surface area (Å²) in [5, 5.41) is 4.55. The highest BCUT2D eigenvalue weighted by atomic mass is 33.1. The van der Waals surface area contributed by atoms with E-state index in [1.54, 1.807) is 70.3 Å². The second-order valence-electron chi connectivity index (χ2n) is 18.6. The molecule has 1 N–H and O–H groups in total. The molecule has 0 unspecified atom stereocenters. The summed E-state index contributed by atoms with van der Waals surface area (Å²) in [6, 6.07) is 29.3. The van der Waals surface area contributed by atoms with Gasteiger partial charge in [-0.25, -0.2) is 9.78 Å². The number of amides is 3. The lowest BCUT2D eigenvalue weighted by molar-refractivity contribution is -0.197. The number of methoxy groups -OCH3 is 2. The van der Waals surface area contributed by atoms with Gasteiger partial charge in [-0.3, -0.25) is 23.7 Å².